The number of nitrogens with one attached hydrogen (secondary N) is 1. The lowest BCUT2D eigenvalue weighted by atomic mass is 10.0. The lowest BCUT2D eigenvalue weighted by molar-refractivity contribution is -0.122. The number of aromatic hydroxyl groups is 1. The number of rotatable bonds is 4. The third-order valence-corrected chi connectivity index (χ3v) is 4.60. The summed E-state index contributed by atoms with van der Waals surface area (Å²) in [4.78, 5) is 26.8. The molecule has 28 heavy (non-hydrogen) atoms. The predicted molar refractivity (Wildman–Crippen MR) is 111 cm³/mol. The largest absolute Gasteiger partial charge is 0.507 e. The summed E-state index contributed by atoms with van der Waals surface area (Å²) in [5.41, 5.74) is 2.42. The Bertz CT molecular complexity index is 990. The van der Waals surface area contributed by atoms with E-state index < -0.39 is 11.8 Å². The summed E-state index contributed by atoms with van der Waals surface area (Å²) in [6.07, 6.45) is 1.50. The van der Waals surface area contributed by atoms with Gasteiger partial charge in [-0.3, -0.25) is 19.8 Å². The molecule has 0 aromatic heterocycles. The van der Waals surface area contributed by atoms with Crippen molar-refractivity contribution in [1.29, 1.82) is 0 Å². The van der Waals surface area contributed by atoms with E-state index in [1.54, 1.807) is 50.2 Å². The van der Waals surface area contributed by atoms with Crippen LogP contribution in [0.3, 0.4) is 0 Å². The maximum Gasteiger partial charge on any atom is 0.270 e. The number of anilines is 1. The number of carbonyl (C=O) groups is 2. The number of aryl methyl sites for hydroxylation is 2. The summed E-state index contributed by atoms with van der Waals surface area (Å²) in [6.45, 7) is 5.87. The average Bonchev–Trinajstić information content (AvgIpc) is 2.63. The zero-order valence-electron chi connectivity index (χ0n) is 15.8. The Morgan fingerprint density at radius 3 is 2.50 bits per heavy atom. The van der Waals surface area contributed by atoms with Crippen LogP contribution in [0.4, 0.5) is 5.69 Å². The van der Waals surface area contributed by atoms with Gasteiger partial charge in [0.1, 0.15) is 17.1 Å². The number of thiocarbonyl (C=S) groups is 1. The van der Waals surface area contributed by atoms with Crippen LogP contribution in [0.15, 0.2) is 42.0 Å². The fourth-order valence-electron chi connectivity index (χ4n) is 3.01. The second-order valence-corrected chi connectivity index (χ2v) is 6.78. The summed E-state index contributed by atoms with van der Waals surface area (Å²) in [7, 11) is 0. The van der Waals surface area contributed by atoms with Crippen LogP contribution in [-0.2, 0) is 9.59 Å². The summed E-state index contributed by atoms with van der Waals surface area (Å²) in [6, 6.07) is 10.4. The lowest BCUT2D eigenvalue weighted by Gasteiger charge is -2.29. The number of benzene rings is 2. The fourth-order valence-corrected chi connectivity index (χ4v) is 3.29. The molecule has 0 saturated carbocycles. The van der Waals surface area contributed by atoms with Gasteiger partial charge in [-0.2, -0.15) is 0 Å². The van der Waals surface area contributed by atoms with Crippen LogP contribution in [0.25, 0.3) is 6.08 Å². The molecule has 0 radical (unpaired) electrons. The Morgan fingerprint density at radius 1 is 1.18 bits per heavy atom. The van der Waals surface area contributed by atoms with Crippen LogP contribution >= 0.6 is 12.2 Å². The highest BCUT2D eigenvalue weighted by Gasteiger charge is 2.34. The molecule has 1 aliphatic heterocycles. The van der Waals surface area contributed by atoms with Crippen molar-refractivity contribution in [2.75, 3.05) is 11.5 Å². The molecular formula is C21H20N2O4S. The highest BCUT2D eigenvalue weighted by molar-refractivity contribution is 7.80. The third-order valence-electron chi connectivity index (χ3n) is 4.31. The molecule has 0 spiro atoms. The Kier molecular flexibility index (Phi) is 5.46. The minimum Gasteiger partial charge on any atom is -0.507 e. The van der Waals surface area contributed by atoms with E-state index in [-0.39, 0.29) is 16.4 Å². The molecule has 1 heterocycles. The van der Waals surface area contributed by atoms with Gasteiger partial charge < -0.3 is 9.84 Å². The van der Waals surface area contributed by atoms with E-state index in [2.05, 4.69) is 5.32 Å². The van der Waals surface area contributed by atoms with Gasteiger partial charge in [0.25, 0.3) is 11.8 Å². The van der Waals surface area contributed by atoms with Crippen LogP contribution in [-0.4, -0.2) is 28.6 Å². The molecule has 3 rings (SSSR count). The summed E-state index contributed by atoms with van der Waals surface area (Å²) in [5, 5.41) is 12.5. The Balaban J connectivity index is 2.02. The van der Waals surface area contributed by atoms with Crippen molar-refractivity contribution in [2.45, 2.75) is 20.8 Å². The molecule has 144 valence electrons. The highest BCUT2D eigenvalue weighted by Crippen LogP contribution is 2.27. The summed E-state index contributed by atoms with van der Waals surface area (Å²) in [5.74, 6) is -0.290. The Labute approximate surface area is 168 Å². The van der Waals surface area contributed by atoms with E-state index in [9.17, 15) is 14.7 Å². The van der Waals surface area contributed by atoms with Crippen molar-refractivity contribution < 1.29 is 19.4 Å². The van der Waals surface area contributed by atoms with E-state index >= 15 is 0 Å². The maximum atomic E-state index is 13.1. The van der Waals surface area contributed by atoms with E-state index in [1.807, 2.05) is 6.92 Å². The Hall–Kier alpha value is -3.19. The van der Waals surface area contributed by atoms with Crippen molar-refractivity contribution in [3.63, 3.8) is 0 Å². The highest BCUT2D eigenvalue weighted by atomic mass is 32.1. The molecule has 2 N–H and O–H groups in total. The van der Waals surface area contributed by atoms with Crippen LogP contribution in [0, 0.1) is 13.8 Å². The molecule has 2 aromatic rings. The van der Waals surface area contributed by atoms with Gasteiger partial charge in [-0.1, -0.05) is 6.07 Å². The first-order chi connectivity index (χ1) is 13.3. The smallest absolute Gasteiger partial charge is 0.270 e. The lowest BCUT2D eigenvalue weighted by Crippen LogP contribution is -2.54. The van der Waals surface area contributed by atoms with Crippen molar-refractivity contribution >= 4 is 40.9 Å². The van der Waals surface area contributed by atoms with Gasteiger partial charge in [0, 0.05) is 6.07 Å². The SMILES string of the molecule is CCOc1cccc(N2C(=O)/C(=C/c3cc(C)c(O)c(C)c3)C(=O)NC2=S)c1. The number of nitrogens with zero attached hydrogens (tertiary/aromatic N) is 1. The van der Waals surface area contributed by atoms with Crippen LogP contribution in [0.1, 0.15) is 23.6 Å². The maximum absolute atomic E-state index is 13.1. The predicted octanol–water partition coefficient (Wildman–Crippen LogP) is 3.24. The number of hydrogen-bond acceptors (Lipinski definition) is 5. The number of ether oxygens (including phenoxy) is 1. The molecule has 2 aromatic carbocycles. The molecule has 1 saturated heterocycles. The monoisotopic (exact) mass is 396 g/mol. The molecular weight excluding hydrogens is 376 g/mol. The molecule has 2 amide bonds. The van der Waals surface area contributed by atoms with Crippen LogP contribution in [0.5, 0.6) is 11.5 Å². The third kappa shape index (κ3) is 3.75. The molecule has 1 aliphatic rings. The molecule has 0 unspecified atom stereocenters. The summed E-state index contributed by atoms with van der Waals surface area (Å²) >= 11 is 5.22. The minimum atomic E-state index is -0.560. The number of phenols is 1. The molecule has 0 atom stereocenters. The molecule has 7 heteroatoms. The van der Waals surface area contributed by atoms with Gasteiger partial charge in [-0.15, -0.1) is 0 Å². The van der Waals surface area contributed by atoms with Crippen LogP contribution < -0.4 is 15.0 Å². The Morgan fingerprint density at radius 2 is 1.86 bits per heavy atom. The number of amides is 2. The normalized spacial score (nSPS) is 15.8. The van der Waals surface area contributed by atoms with E-state index in [1.165, 1.54) is 11.0 Å². The van der Waals surface area contributed by atoms with Gasteiger partial charge in [0.2, 0.25) is 0 Å². The minimum absolute atomic E-state index is 0.0128. The van der Waals surface area contributed by atoms with Gasteiger partial charge in [-0.25, -0.2) is 0 Å². The zero-order valence-corrected chi connectivity index (χ0v) is 16.6. The van der Waals surface area contributed by atoms with Gasteiger partial charge >= 0.3 is 0 Å². The van der Waals surface area contributed by atoms with Crippen molar-refractivity contribution in [3.8, 4) is 11.5 Å². The fraction of sp³-hybridized carbons (Fsp3) is 0.190. The number of carbonyl (C=O) groups excluding carboxylic acids is 2. The average molecular weight is 396 g/mol. The molecule has 0 bridgehead atoms. The molecule has 1 fully saturated rings. The second-order valence-electron chi connectivity index (χ2n) is 6.39. The molecule has 6 nitrogen and oxygen atoms in total. The summed E-state index contributed by atoms with van der Waals surface area (Å²) < 4.78 is 5.48. The zero-order chi connectivity index (χ0) is 20.4. The van der Waals surface area contributed by atoms with Gasteiger partial charge in [-0.05, 0) is 80.0 Å². The van der Waals surface area contributed by atoms with Crippen molar-refractivity contribution in [1.82, 2.24) is 5.32 Å². The first-order valence-corrected chi connectivity index (χ1v) is 9.17. The second kappa shape index (κ2) is 7.82. The molecule has 0 aliphatic carbocycles. The first-order valence-electron chi connectivity index (χ1n) is 8.76. The quantitative estimate of drug-likeness (QED) is 0.471. The van der Waals surface area contributed by atoms with Crippen LogP contribution in [0.2, 0.25) is 0 Å². The topological polar surface area (TPSA) is 78.9 Å². The van der Waals surface area contributed by atoms with Crippen molar-refractivity contribution in [2.24, 2.45) is 0 Å². The number of phenolic OH excluding ortho intramolecular Hbond substituents is 1. The number of hydrogen-bond donors (Lipinski definition) is 2. The van der Waals surface area contributed by atoms with E-state index in [0.717, 1.165) is 0 Å². The van der Waals surface area contributed by atoms with E-state index in [0.29, 0.717) is 34.7 Å². The first kappa shape index (κ1) is 19.6. The van der Waals surface area contributed by atoms with E-state index in [4.69, 9.17) is 17.0 Å². The van der Waals surface area contributed by atoms with Gasteiger partial charge in [0.05, 0.1) is 12.3 Å². The van der Waals surface area contributed by atoms with Crippen molar-refractivity contribution in [3.05, 3.63) is 58.7 Å². The van der Waals surface area contributed by atoms with Gasteiger partial charge in [0.15, 0.2) is 5.11 Å². The standard InChI is InChI=1S/C21H20N2O4S/c1-4-27-16-7-5-6-15(11-16)23-20(26)17(19(25)22-21(23)28)10-14-8-12(2)18(24)13(3)9-14/h5-11,24H,4H2,1-3H3,(H,22,25,28)/b17-10+.